The van der Waals surface area contributed by atoms with E-state index in [2.05, 4.69) is 29.5 Å². The number of urea groups is 1. The van der Waals surface area contributed by atoms with Crippen molar-refractivity contribution >= 4 is 17.4 Å². The summed E-state index contributed by atoms with van der Waals surface area (Å²) in [6.07, 6.45) is 2.91. The van der Waals surface area contributed by atoms with E-state index in [-0.39, 0.29) is 12.6 Å². The maximum atomic E-state index is 11.5. The normalized spacial score (nSPS) is 10.2. The van der Waals surface area contributed by atoms with E-state index >= 15 is 0 Å². The summed E-state index contributed by atoms with van der Waals surface area (Å²) in [5, 5.41) is 14.1. The molecule has 20 heavy (non-hydrogen) atoms. The van der Waals surface area contributed by atoms with Crippen molar-refractivity contribution in [2.75, 3.05) is 37.0 Å². The molecular weight excluding hydrogens is 254 g/mol. The number of amides is 2. The lowest BCUT2D eigenvalue weighted by atomic mass is 10.2. The zero-order valence-corrected chi connectivity index (χ0v) is 12.4. The Hall–Kier alpha value is -1.75. The highest BCUT2D eigenvalue weighted by Gasteiger charge is 2.03. The molecule has 0 spiro atoms. The highest BCUT2D eigenvalue weighted by molar-refractivity contribution is 5.89. The van der Waals surface area contributed by atoms with Crippen LogP contribution in [0.4, 0.5) is 16.2 Å². The highest BCUT2D eigenvalue weighted by Crippen LogP contribution is 2.17. The maximum absolute atomic E-state index is 11.5. The van der Waals surface area contributed by atoms with E-state index in [9.17, 15) is 4.79 Å². The molecule has 0 heterocycles. The Morgan fingerprint density at radius 3 is 2.55 bits per heavy atom. The molecule has 0 aliphatic carbocycles. The lowest BCUT2D eigenvalue weighted by molar-refractivity contribution is 0.249. The Balaban J connectivity index is 2.43. The zero-order chi connectivity index (χ0) is 14.8. The van der Waals surface area contributed by atoms with Gasteiger partial charge in [0.05, 0.1) is 0 Å². The first-order valence-electron chi connectivity index (χ1n) is 7.14. The van der Waals surface area contributed by atoms with Crippen molar-refractivity contribution < 1.29 is 9.90 Å². The molecule has 0 fully saturated rings. The predicted molar refractivity (Wildman–Crippen MR) is 83.3 cm³/mol. The molecule has 2 amide bonds. The van der Waals surface area contributed by atoms with Gasteiger partial charge in [0, 0.05) is 38.1 Å². The number of unbranched alkanes of at least 4 members (excludes halogenated alkanes) is 1. The molecule has 1 rings (SSSR count). The first-order chi connectivity index (χ1) is 9.67. The summed E-state index contributed by atoms with van der Waals surface area (Å²) >= 11 is 0. The number of rotatable bonds is 8. The van der Waals surface area contributed by atoms with E-state index in [4.69, 9.17) is 5.11 Å². The minimum atomic E-state index is -0.245. The molecule has 112 valence electrons. The van der Waals surface area contributed by atoms with Crippen LogP contribution < -0.4 is 15.5 Å². The number of carbonyl (C=O) groups excluding carboxylic acids is 1. The van der Waals surface area contributed by atoms with Gasteiger partial charge in [0.2, 0.25) is 0 Å². The van der Waals surface area contributed by atoms with Crippen LogP contribution in [-0.4, -0.2) is 37.9 Å². The van der Waals surface area contributed by atoms with Crippen molar-refractivity contribution in [3.8, 4) is 0 Å². The first kappa shape index (κ1) is 16.3. The summed E-state index contributed by atoms with van der Waals surface area (Å²) in [6, 6.07) is 7.54. The number of nitrogens with one attached hydrogen (secondary N) is 2. The van der Waals surface area contributed by atoms with Crippen molar-refractivity contribution in [3.05, 3.63) is 24.3 Å². The van der Waals surface area contributed by atoms with E-state index in [1.165, 1.54) is 12.8 Å². The molecule has 0 saturated heterocycles. The number of carbonyl (C=O) groups is 1. The molecule has 5 nitrogen and oxygen atoms in total. The fourth-order valence-electron chi connectivity index (χ4n) is 1.78. The molecule has 5 heteroatoms. The molecule has 0 aliphatic rings. The minimum absolute atomic E-state index is 0.0824. The van der Waals surface area contributed by atoms with Crippen molar-refractivity contribution in [1.82, 2.24) is 5.32 Å². The SMILES string of the molecule is CCCCN(C)c1ccc(NC(=O)NCCCO)cc1. The molecule has 0 aromatic heterocycles. The minimum Gasteiger partial charge on any atom is -0.396 e. The summed E-state index contributed by atoms with van der Waals surface area (Å²) in [5.41, 5.74) is 1.91. The van der Waals surface area contributed by atoms with Gasteiger partial charge in [-0.1, -0.05) is 13.3 Å². The largest absolute Gasteiger partial charge is 0.396 e. The fourth-order valence-corrected chi connectivity index (χ4v) is 1.78. The third-order valence-corrected chi connectivity index (χ3v) is 3.03. The lowest BCUT2D eigenvalue weighted by Gasteiger charge is -2.19. The van der Waals surface area contributed by atoms with E-state index in [0.29, 0.717) is 13.0 Å². The van der Waals surface area contributed by atoms with Gasteiger partial charge in [0.25, 0.3) is 0 Å². The molecule has 0 atom stereocenters. The fraction of sp³-hybridized carbons (Fsp3) is 0.533. The second kappa shape index (κ2) is 9.20. The Kier molecular flexibility index (Phi) is 7.50. The molecule has 0 aliphatic heterocycles. The van der Waals surface area contributed by atoms with E-state index in [1.54, 1.807) is 0 Å². The van der Waals surface area contributed by atoms with Crippen LogP contribution in [0.3, 0.4) is 0 Å². The van der Waals surface area contributed by atoms with Crippen LogP contribution in [0.1, 0.15) is 26.2 Å². The van der Waals surface area contributed by atoms with Gasteiger partial charge in [0.1, 0.15) is 0 Å². The average molecular weight is 279 g/mol. The molecule has 0 saturated carbocycles. The zero-order valence-electron chi connectivity index (χ0n) is 12.4. The van der Waals surface area contributed by atoms with Crippen molar-refractivity contribution in [2.45, 2.75) is 26.2 Å². The molecule has 0 unspecified atom stereocenters. The number of hydrogen-bond acceptors (Lipinski definition) is 3. The van der Waals surface area contributed by atoms with Gasteiger partial charge in [0.15, 0.2) is 0 Å². The number of anilines is 2. The Bertz CT molecular complexity index is 393. The predicted octanol–water partition coefficient (Wildman–Crippen LogP) is 2.43. The summed E-state index contributed by atoms with van der Waals surface area (Å²) in [6.45, 7) is 3.76. The van der Waals surface area contributed by atoms with Crippen molar-refractivity contribution in [2.24, 2.45) is 0 Å². The summed E-state index contributed by atoms with van der Waals surface area (Å²) in [4.78, 5) is 13.7. The highest BCUT2D eigenvalue weighted by atomic mass is 16.3. The third kappa shape index (κ3) is 5.93. The van der Waals surface area contributed by atoms with Crippen LogP contribution in [-0.2, 0) is 0 Å². The van der Waals surface area contributed by atoms with Crippen LogP contribution in [0.15, 0.2) is 24.3 Å². The number of nitrogens with zero attached hydrogens (tertiary/aromatic N) is 1. The van der Waals surface area contributed by atoms with E-state index in [1.807, 2.05) is 24.3 Å². The molecule has 3 N–H and O–H groups in total. The van der Waals surface area contributed by atoms with Gasteiger partial charge >= 0.3 is 6.03 Å². The second-order valence-electron chi connectivity index (χ2n) is 4.78. The van der Waals surface area contributed by atoms with Crippen LogP contribution in [0.2, 0.25) is 0 Å². The molecule has 0 bridgehead atoms. The number of aliphatic hydroxyl groups excluding tert-OH is 1. The Labute approximate surface area is 121 Å². The Morgan fingerprint density at radius 2 is 1.95 bits per heavy atom. The van der Waals surface area contributed by atoms with E-state index < -0.39 is 0 Å². The van der Waals surface area contributed by atoms with Crippen LogP contribution in [0.25, 0.3) is 0 Å². The van der Waals surface area contributed by atoms with Gasteiger partial charge in [-0.25, -0.2) is 4.79 Å². The quantitative estimate of drug-likeness (QED) is 0.640. The van der Waals surface area contributed by atoms with Gasteiger partial charge in [-0.3, -0.25) is 0 Å². The van der Waals surface area contributed by atoms with Crippen LogP contribution in [0, 0.1) is 0 Å². The lowest BCUT2D eigenvalue weighted by Crippen LogP contribution is -2.29. The Morgan fingerprint density at radius 1 is 1.25 bits per heavy atom. The molecule has 0 radical (unpaired) electrons. The number of benzene rings is 1. The second-order valence-corrected chi connectivity index (χ2v) is 4.78. The van der Waals surface area contributed by atoms with Crippen LogP contribution in [0.5, 0.6) is 0 Å². The first-order valence-corrected chi connectivity index (χ1v) is 7.14. The molecular formula is C15H25N3O2. The topological polar surface area (TPSA) is 64.6 Å². The van der Waals surface area contributed by atoms with Gasteiger partial charge < -0.3 is 20.6 Å². The van der Waals surface area contributed by atoms with Gasteiger partial charge in [-0.15, -0.1) is 0 Å². The van der Waals surface area contributed by atoms with Gasteiger partial charge in [-0.05, 0) is 37.1 Å². The van der Waals surface area contributed by atoms with E-state index in [0.717, 1.165) is 17.9 Å². The summed E-state index contributed by atoms with van der Waals surface area (Å²) < 4.78 is 0. The molecule has 1 aromatic rings. The van der Waals surface area contributed by atoms with Crippen molar-refractivity contribution in [3.63, 3.8) is 0 Å². The molecule has 1 aromatic carbocycles. The monoisotopic (exact) mass is 279 g/mol. The third-order valence-electron chi connectivity index (χ3n) is 3.03. The standard InChI is InChI=1S/C15H25N3O2/c1-3-4-11-18(2)14-8-6-13(7-9-14)17-15(20)16-10-5-12-19/h6-9,19H,3-5,10-12H2,1-2H3,(H2,16,17,20). The number of hydrogen-bond donors (Lipinski definition) is 3. The van der Waals surface area contributed by atoms with Crippen molar-refractivity contribution in [1.29, 1.82) is 0 Å². The van der Waals surface area contributed by atoms with Crippen LogP contribution >= 0.6 is 0 Å². The summed E-state index contributed by atoms with van der Waals surface area (Å²) in [7, 11) is 2.07. The summed E-state index contributed by atoms with van der Waals surface area (Å²) in [5.74, 6) is 0. The van der Waals surface area contributed by atoms with Gasteiger partial charge in [-0.2, -0.15) is 0 Å². The number of aliphatic hydroxyl groups is 1. The smallest absolute Gasteiger partial charge is 0.319 e. The average Bonchev–Trinajstić information content (AvgIpc) is 2.46. The maximum Gasteiger partial charge on any atom is 0.319 e.